The quantitative estimate of drug-likeness (QED) is 0.331. The Morgan fingerprint density at radius 1 is 1.17 bits per heavy atom. The highest BCUT2D eigenvalue weighted by molar-refractivity contribution is 5.74. The Kier molecular flexibility index (Phi) is 7.54. The molecule has 0 radical (unpaired) electrons. The zero-order chi connectivity index (χ0) is 20.8. The van der Waals surface area contributed by atoms with Gasteiger partial charge in [0.1, 0.15) is 6.10 Å². The van der Waals surface area contributed by atoms with Crippen LogP contribution in [-0.2, 0) is 14.3 Å². The average molecular weight is 411 g/mol. The molecular weight excluding hydrogens is 376 g/mol. The van der Waals surface area contributed by atoms with Crippen LogP contribution in [0.4, 0.5) is 4.79 Å². The van der Waals surface area contributed by atoms with E-state index in [2.05, 4.69) is 9.80 Å². The van der Waals surface area contributed by atoms with E-state index in [0.717, 1.165) is 71.6 Å². The molecule has 3 saturated heterocycles. The number of ether oxygens (including phenoxy) is 2. The Morgan fingerprint density at radius 3 is 2.45 bits per heavy atom. The summed E-state index contributed by atoms with van der Waals surface area (Å²) in [4.78, 5) is 31.7. The van der Waals surface area contributed by atoms with Gasteiger partial charge >= 0.3 is 12.1 Å². The molecule has 3 aliphatic heterocycles. The van der Waals surface area contributed by atoms with Gasteiger partial charge < -0.3 is 25.0 Å². The van der Waals surface area contributed by atoms with Gasteiger partial charge in [-0.1, -0.05) is 0 Å². The fourth-order valence-corrected chi connectivity index (χ4v) is 4.32. The third-order valence-electron chi connectivity index (χ3n) is 6.22. The molecule has 3 fully saturated rings. The summed E-state index contributed by atoms with van der Waals surface area (Å²) >= 11 is 0. The predicted octanol–water partition coefficient (Wildman–Crippen LogP) is -0.407. The summed E-state index contributed by atoms with van der Waals surface area (Å²) in [6.07, 6.45) is 2.71. The summed E-state index contributed by atoms with van der Waals surface area (Å²) in [5, 5.41) is 7.50. The highest BCUT2D eigenvalue weighted by Crippen LogP contribution is 2.22. The SMILES string of the molecule is COC(=O)CN1CCN(CC2CN(CCC3CCN(C(=N)N)CC3)C(=O)O2)CC1. The molecule has 3 aliphatic rings. The number of guanidine groups is 1. The molecule has 1 atom stereocenters. The first-order valence-corrected chi connectivity index (χ1v) is 10.5. The second-order valence-corrected chi connectivity index (χ2v) is 8.21. The van der Waals surface area contributed by atoms with Crippen molar-refractivity contribution < 1.29 is 19.1 Å². The van der Waals surface area contributed by atoms with E-state index in [1.54, 1.807) is 0 Å². The van der Waals surface area contributed by atoms with E-state index >= 15 is 0 Å². The minimum Gasteiger partial charge on any atom is -0.468 e. The van der Waals surface area contributed by atoms with Crippen molar-refractivity contribution >= 4 is 18.0 Å². The van der Waals surface area contributed by atoms with Crippen LogP contribution in [-0.4, -0.2) is 116 Å². The topological polar surface area (TPSA) is 115 Å². The van der Waals surface area contributed by atoms with Crippen molar-refractivity contribution in [2.24, 2.45) is 11.7 Å². The number of nitrogens with two attached hydrogens (primary N) is 1. The van der Waals surface area contributed by atoms with E-state index in [0.29, 0.717) is 19.0 Å². The van der Waals surface area contributed by atoms with E-state index in [-0.39, 0.29) is 24.1 Å². The highest BCUT2D eigenvalue weighted by atomic mass is 16.6. The summed E-state index contributed by atoms with van der Waals surface area (Å²) in [5.74, 6) is 0.520. The third kappa shape index (κ3) is 6.20. The van der Waals surface area contributed by atoms with Crippen molar-refractivity contribution in [1.82, 2.24) is 19.6 Å². The second kappa shape index (κ2) is 10.1. The normalized spacial score (nSPS) is 24.6. The number of hydrogen-bond donors (Lipinski definition) is 2. The Balaban J connectivity index is 1.33. The molecule has 0 spiro atoms. The summed E-state index contributed by atoms with van der Waals surface area (Å²) in [6.45, 7) is 7.47. The number of likely N-dealkylation sites (tertiary alicyclic amines) is 1. The first kappa shape index (κ1) is 21.6. The molecule has 164 valence electrons. The molecule has 0 aromatic carbocycles. The first-order valence-electron chi connectivity index (χ1n) is 10.5. The molecule has 0 saturated carbocycles. The van der Waals surface area contributed by atoms with E-state index in [9.17, 15) is 9.59 Å². The van der Waals surface area contributed by atoms with E-state index in [1.807, 2.05) is 9.80 Å². The zero-order valence-electron chi connectivity index (χ0n) is 17.3. The monoisotopic (exact) mass is 410 g/mol. The molecule has 3 heterocycles. The lowest BCUT2D eigenvalue weighted by molar-refractivity contribution is -0.142. The minimum absolute atomic E-state index is 0.0887. The lowest BCUT2D eigenvalue weighted by Crippen LogP contribution is -2.50. The van der Waals surface area contributed by atoms with Gasteiger partial charge in [-0.3, -0.25) is 20.0 Å². The van der Waals surface area contributed by atoms with Gasteiger partial charge in [0.05, 0.1) is 20.2 Å². The maximum absolute atomic E-state index is 12.2. The fraction of sp³-hybridized carbons (Fsp3) is 0.842. The molecular formula is C19H34N6O4. The number of nitrogens with one attached hydrogen (secondary N) is 1. The van der Waals surface area contributed by atoms with Crippen molar-refractivity contribution in [3.05, 3.63) is 0 Å². The number of piperidine rings is 1. The number of amides is 1. The molecule has 3 rings (SSSR count). The molecule has 0 bridgehead atoms. The van der Waals surface area contributed by atoms with Crippen LogP contribution < -0.4 is 5.73 Å². The Labute approximate surface area is 172 Å². The molecule has 0 aromatic rings. The summed E-state index contributed by atoms with van der Waals surface area (Å²) in [7, 11) is 1.41. The first-order chi connectivity index (χ1) is 13.9. The molecule has 3 N–H and O–H groups in total. The summed E-state index contributed by atoms with van der Waals surface area (Å²) in [5.41, 5.74) is 5.54. The maximum Gasteiger partial charge on any atom is 0.410 e. The lowest BCUT2D eigenvalue weighted by Gasteiger charge is -2.34. The molecule has 1 unspecified atom stereocenters. The second-order valence-electron chi connectivity index (χ2n) is 8.21. The van der Waals surface area contributed by atoms with Gasteiger partial charge in [-0.15, -0.1) is 0 Å². The number of carbonyl (C=O) groups excluding carboxylic acids is 2. The smallest absolute Gasteiger partial charge is 0.410 e. The van der Waals surface area contributed by atoms with Crippen molar-refractivity contribution in [2.75, 3.05) is 72.6 Å². The highest BCUT2D eigenvalue weighted by Gasteiger charge is 2.33. The number of cyclic esters (lactones) is 1. The van der Waals surface area contributed by atoms with Crippen LogP contribution in [0.1, 0.15) is 19.3 Å². The number of carbonyl (C=O) groups is 2. The van der Waals surface area contributed by atoms with Gasteiger partial charge in [-0.25, -0.2) is 4.79 Å². The summed E-state index contributed by atoms with van der Waals surface area (Å²) < 4.78 is 10.3. The van der Waals surface area contributed by atoms with Gasteiger partial charge in [0.25, 0.3) is 0 Å². The van der Waals surface area contributed by atoms with Gasteiger partial charge in [-0.05, 0) is 25.2 Å². The molecule has 1 amide bonds. The van der Waals surface area contributed by atoms with Gasteiger partial charge in [-0.2, -0.15) is 0 Å². The van der Waals surface area contributed by atoms with Crippen LogP contribution in [0, 0.1) is 11.3 Å². The molecule has 0 aliphatic carbocycles. The number of rotatable bonds is 7. The Morgan fingerprint density at radius 2 is 1.83 bits per heavy atom. The standard InChI is InChI=1S/C19H34N6O4/c1-28-17(26)14-23-10-8-22(9-11-23)12-16-13-25(19(27)29-16)7-4-15-2-5-24(6-3-15)18(20)21/h15-16H,2-14H2,1H3,(H3,20,21). The van der Waals surface area contributed by atoms with Gasteiger partial charge in [0.15, 0.2) is 5.96 Å². The van der Waals surface area contributed by atoms with E-state index in [1.165, 1.54) is 7.11 Å². The van der Waals surface area contributed by atoms with Crippen LogP contribution in [0.15, 0.2) is 0 Å². The van der Waals surface area contributed by atoms with Crippen LogP contribution in [0.3, 0.4) is 0 Å². The average Bonchev–Trinajstić information content (AvgIpc) is 3.07. The number of piperazine rings is 1. The van der Waals surface area contributed by atoms with Crippen LogP contribution >= 0.6 is 0 Å². The number of methoxy groups -OCH3 is 1. The minimum atomic E-state index is -0.208. The van der Waals surface area contributed by atoms with Crippen LogP contribution in [0.2, 0.25) is 0 Å². The fourth-order valence-electron chi connectivity index (χ4n) is 4.32. The Hall–Kier alpha value is -2.07. The molecule has 10 heteroatoms. The van der Waals surface area contributed by atoms with Gasteiger partial charge in [0.2, 0.25) is 0 Å². The predicted molar refractivity (Wildman–Crippen MR) is 108 cm³/mol. The summed E-state index contributed by atoms with van der Waals surface area (Å²) in [6, 6.07) is 0. The van der Waals surface area contributed by atoms with Crippen molar-refractivity contribution in [3.8, 4) is 0 Å². The Bertz CT molecular complexity index is 587. The van der Waals surface area contributed by atoms with Gasteiger partial charge in [0, 0.05) is 52.4 Å². The lowest BCUT2D eigenvalue weighted by atomic mass is 9.93. The number of esters is 1. The van der Waals surface area contributed by atoms with Crippen LogP contribution in [0.25, 0.3) is 0 Å². The molecule has 10 nitrogen and oxygen atoms in total. The third-order valence-corrected chi connectivity index (χ3v) is 6.22. The zero-order valence-corrected chi connectivity index (χ0v) is 17.3. The van der Waals surface area contributed by atoms with Crippen LogP contribution in [0.5, 0.6) is 0 Å². The van der Waals surface area contributed by atoms with Crippen molar-refractivity contribution in [2.45, 2.75) is 25.4 Å². The largest absolute Gasteiger partial charge is 0.468 e. The molecule has 0 aromatic heterocycles. The van der Waals surface area contributed by atoms with Crippen molar-refractivity contribution in [1.29, 1.82) is 5.41 Å². The van der Waals surface area contributed by atoms with E-state index < -0.39 is 0 Å². The molecule has 29 heavy (non-hydrogen) atoms. The maximum atomic E-state index is 12.2. The van der Waals surface area contributed by atoms with Crippen molar-refractivity contribution in [3.63, 3.8) is 0 Å². The number of hydrogen-bond acceptors (Lipinski definition) is 7. The van der Waals surface area contributed by atoms with E-state index in [4.69, 9.17) is 20.6 Å². The number of nitrogens with zero attached hydrogens (tertiary/aromatic N) is 4.